The molecule has 7 nitrogen and oxygen atoms in total. The number of nitrogens with one attached hydrogen (secondary N) is 1. The predicted molar refractivity (Wildman–Crippen MR) is 105 cm³/mol. The maximum absolute atomic E-state index is 12.8. The molecule has 1 N–H and O–H groups in total. The van der Waals surface area contributed by atoms with Crippen LogP contribution in [0.4, 0.5) is 5.69 Å². The van der Waals surface area contributed by atoms with Crippen molar-refractivity contribution in [3.05, 3.63) is 65.7 Å². The van der Waals surface area contributed by atoms with Crippen molar-refractivity contribution in [1.82, 2.24) is 14.8 Å². The number of benzene rings is 2. The molecule has 2 heterocycles. The Kier molecular flexibility index (Phi) is 5.55. The highest BCUT2D eigenvalue weighted by atomic mass is 35.5. The summed E-state index contributed by atoms with van der Waals surface area (Å²) >= 11 is 6.11. The Morgan fingerprint density at radius 3 is 3.04 bits per heavy atom. The number of amides is 1. The van der Waals surface area contributed by atoms with E-state index in [-0.39, 0.29) is 12.0 Å². The number of rotatable bonds is 6. The molecule has 1 unspecified atom stereocenters. The Bertz CT molecular complexity index is 956. The minimum absolute atomic E-state index is 0.120. The zero-order chi connectivity index (χ0) is 19.3. The molecule has 8 heteroatoms. The van der Waals surface area contributed by atoms with Crippen molar-refractivity contribution in [3.8, 4) is 11.4 Å². The molecule has 1 amide bonds. The molecule has 1 aliphatic heterocycles. The molecule has 1 saturated heterocycles. The van der Waals surface area contributed by atoms with Crippen molar-refractivity contribution >= 4 is 23.2 Å². The molecule has 28 heavy (non-hydrogen) atoms. The molecule has 1 aromatic heterocycles. The molecule has 3 aromatic rings. The van der Waals surface area contributed by atoms with E-state index in [1.54, 1.807) is 47.4 Å². The normalized spacial score (nSPS) is 16.1. The van der Waals surface area contributed by atoms with Crippen LogP contribution in [0.25, 0.3) is 5.69 Å². The molecule has 0 spiro atoms. The fourth-order valence-electron chi connectivity index (χ4n) is 3.03. The van der Waals surface area contributed by atoms with Gasteiger partial charge in [0.25, 0.3) is 5.91 Å². The third kappa shape index (κ3) is 4.32. The van der Waals surface area contributed by atoms with E-state index < -0.39 is 0 Å². The first-order valence-corrected chi connectivity index (χ1v) is 9.37. The first-order valence-electron chi connectivity index (χ1n) is 8.99. The Balaban J connectivity index is 1.49. The van der Waals surface area contributed by atoms with Crippen molar-refractivity contribution < 1.29 is 14.3 Å². The van der Waals surface area contributed by atoms with Gasteiger partial charge in [0.05, 0.1) is 17.5 Å². The molecule has 4 rings (SSSR count). The topological polar surface area (TPSA) is 78.3 Å². The van der Waals surface area contributed by atoms with E-state index in [4.69, 9.17) is 21.1 Å². The van der Waals surface area contributed by atoms with Crippen LogP contribution >= 0.6 is 11.6 Å². The molecule has 1 fully saturated rings. The summed E-state index contributed by atoms with van der Waals surface area (Å²) in [7, 11) is 0. The van der Waals surface area contributed by atoms with Gasteiger partial charge in [0.1, 0.15) is 25.0 Å². The molecule has 0 radical (unpaired) electrons. The van der Waals surface area contributed by atoms with Gasteiger partial charge in [0.2, 0.25) is 0 Å². The quantitative estimate of drug-likeness (QED) is 0.684. The Morgan fingerprint density at radius 2 is 2.25 bits per heavy atom. The highest BCUT2D eigenvalue weighted by Crippen LogP contribution is 2.25. The Labute approximate surface area is 167 Å². The number of ether oxygens (including phenoxy) is 2. The van der Waals surface area contributed by atoms with Gasteiger partial charge in [-0.2, -0.15) is 5.10 Å². The maximum atomic E-state index is 12.8. The van der Waals surface area contributed by atoms with Crippen LogP contribution in [0.1, 0.15) is 23.2 Å². The first kappa shape index (κ1) is 18.5. The summed E-state index contributed by atoms with van der Waals surface area (Å²) in [6.07, 6.45) is 5.16. The van der Waals surface area contributed by atoms with Crippen LogP contribution in [0.5, 0.6) is 5.75 Å². The second-order valence-corrected chi connectivity index (χ2v) is 6.87. The molecule has 0 aliphatic carbocycles. The number of carbonyl (C=O) groups is 1. The average molecular weight is 399 g/mol. The standard InChI is InChI=1S/C20H19ClN4O3/c21-15-6-7-19(25-13-22-12-23-25)18(10-15)24-20(26)14-3-1-4-16(9-14)28-11-17-5-2-8-27-17/h1,3-4,6-7,9-10,12-13,17H,2,5,8,11H2,(H,24,26). The van der Waals surface area contributed by atoms with Gasteiger partial charge in [-0.05, 0) is 49.2 Å². The van der Waals surface area contributed by atoms with Gasteiger partial charge in [-0.1, -0.05) is 17.7 Å². The van der Waals surface area contributed by atoms with Crippen LogP contribution in [0, 0.1) is 0 Å². The molecule has 2 aromatic carbocycles. The van der Waals surface area contributed by atoms with Crippen LogP contribution in [0.15, 0.2) is 55.1 Å². The van der Waals surface area contributed by atoms with E-state index in [1.165, 1.54) is 6.33 Å². The van der Waals surface area contributed by atoms with Crippen molar-refractivity contribution in [2.45, 2.75) is 18.9 Å². The second-order valence-electron chi connectivity index (χ2n) is 6.43. The van der Waals surface area contributed by atoms with Crippen LogP contribution in [-0.2, 0) is 4.74 Å². The summed E-state index contributed by atoms with van der Waals surface area (Å²) in [5.41, 5.74) is 1.68. The van der Waals surface area contributed by atoms with Gasteiger partial charge in [0.15, 0.2) is 0 Å². The van der Waals surface area contributed by atoms with Gasteiger partial charge in [-0.25, -0.2) is 9.67 Å². The van der Waals surface area contributed by atoms with Crippen LogP contribution in [0.3, 0.4) is 0 Å². The molecule has 144 valence electrons. The fourth-order valence-corrected chi connectivity index (χ4v) is 3.20. The summed E-state index contributed by atoms with van der Waals surface area (Å²) in [5.74, 6) is 0.358. The van der Waals surface area contributed by atoms with Gasteiger partial charge < -0.3 is 14.8 Å². The second kappa shape index (κ2) is 8.41. The summed E-state index contributed by atoms with van der Waals surface area (Å²) in [5, 5.41) is 7.51. The largest absolute Gasteiger partial charge is 0.491 e. The summed E-state index contributed by atoms with van der Waals surface area (Å²) in [4.78, 5) is 16.7. The van der Waals surface area contributed by atoms with E-state index >= 15 is 0 Å². The van der Waals surface area contributed by atoms with Gasteiger partial charge in [0, 0.05) is 17.2 Å². The number of hydrogen-bond donors (Lipinski definition) is 1. The van der Waals surface area contributed by atoms with Crippen molar-refractivity contribution in [3.63, 3.8) is 0 Å². The van der Waals surface area contributed by atoms with E-state index in [2.05, 4.69) is 15.4 Å². The average Bonchev–Trinajstić information content (AvgIpc) is 3.41. The van der Waals surface area contributed by atoms with E-state index in [1.807, 2.05) is 6.07 Å². The number of anilines is 1. The van der Waals surface area contributed by atoms with Crippen molar-refractivity contribution in [1.29, 1.82) is 0 Å². The fraction of sp³-hybridized carbons (Fsp3) is 0.250. The minimum Gasteiger partial charge on any atom is -0.491 e. The molecule has 0 saturated carbocycles. The van der Waals surface area contributed by atoms with Crippen molar-refractivity contribution in [2.24, 2.45) is 0 Å². The molecule has 1 atom stereocenters. The Morgan fingerprint density at radius 1 is 1.32 bits per heavy atom. The summed E-state index contributed by atoms with van der Waals surface area (Å²) < 4.78 is 12.9. The minimum atomic E-state index is -0.272. The van der Waals surface area contributed by atoms with E-state index in [9.17, 15) is 4.79 Å². The number of nitrogens with zero attached hydrogens (tertiary/aromatic N) is 3. The van der Waals surface area contributed by atoms with Gasteiger partial charge in [-0.15, -0.1) is 0 Å². The van der Waals surface area contributed by atoms with Crippen LogP contribution < -0.4 is 10.1 Å². The number of hydrogen-bond acceptors (Lipinski definition) is 5. The molecule has 1 aliphatic rings. The van der Waals surface area contributed by atoms with E-state index in [0.717, 1.165) is 19.4 Å². The number of aromatic nitrogens is 3. The lowest BCUT2D eigenvalue weighted by molar-refractivity contribution is 0.0679. The zero-order valence-electron chi connectivity index (χ0n) is 15.0. The predicted octanol–water partition coefficient (Wildman–Crippen LogP) is 3.73. The van der Waals surface area contributed by atoms with Gasteiger partial charge >= 0.3 is 0 Å². The van der Waals surface area contributed by atoms with Crippen LogP contribution in [0.2, 0.25) is 5.02 Å². The summed E-state index contributed by atoms with van der Waals surface area (Å²) in [6, 6.07) is 12.2. The van der Waals surface area contributed by atoms with Gasteiger partial charge in [-0.3, -0.25) is 4.79 Å². The maximum Gasteiger partial charge on any atom is 0.255 e. The monoisotopic (exact) mass is 398 g/mol. The number of halogens is 1. The Hall–Kier alpha value is -2.90. The smallest absolute Gasteiger partial charge is 0.255 e. The lowest BCUT2D eigenvalue weighted by Gasteiger charge is -2.13. The highest BCUT2D eigenvalue weighted by molar-refractivity contribution is 6.31. The third-order valence-electron chi connectivity index (χ3n) is 4.43. The first-order chi connectivity index (χ1) is 13.7. The SMILES string of the molecule is O=C(Nc1cc(Cl)ccc1-n1cncn1)c1cccc(OCC2CCCO2)c1. The lowest BCUT2D eigenvalue weighted by atomic mass is 10.2. The molecular formula is C20H19ClN4O3. The molecular weight excluding hydrogens is 380 g/mol. The van der Waals surface area contributed by atoms with Crippen molar-refractivity contribution in [2.75, 3.05) is 18.5 Å². The highest BCUT2D eigenvalue weighted by Gasteiger charge is 2.17. The summed E-state index contributed by atoms with van der Waals surface area (Å²) in [6.45, 7) is 1.26. The third-order valence-corrected chi connectivity index (χ3v) is 4.66. The number of carbonyl (C=O) groups excluding carboxylic acids is 1. The zero-order valence-corrected chi connectivity index (χ0v) is 15.8. The lowest BCUT2D eigenvalue weighted by Crippen LogP contribution is -2.17. The van der Waals surface area contributed by atoms with E-state index in [0.29, 0.717) is 34.3 Å². The molecule has 0 bridgehead atoms. The van der Waals surface area contributed by atoms with Crippen LogP contribution in [-0.4, -0.2) is 40.0 Å².